The summed E-state index contributed by atoms with van der Waals surface area (Å²) in [5.41, 5.74) is 0.644. The van der Waals surface area contributed by atoms with Crippen LogP contribution in [0.1, 0.15) is 5.56 Å². The molecule has 1 aliphatic heterocycles. The molecule has 0 saturated carbocycles. The largest absolute Gasteiger partial charge is 0.392 e. The van der Waals surface area contributed by atoms with E-state index in [1.807, 2.05) is 0 Å². The lowest BCUT2D eigenvalue weighted by Crippen LogP contribution is -2.20. The van der Waals surface area contributed by atoms with Crippen molar-refractivity contribution >= 4 is 23.4 Å². The number of aliphatic hydroxyl groups excluding tert-OH is 1. The van der Waals surface area contributed by atoms with Crippen molar-refractivity contribution in [3.8, 4) is 0 Å². The minimum atomic E-state index is -0.301. The number of halogens is 2. The van der Waals surface area contributed by atoms with Crippen LogP contribution >= 0.6 is 23.4 Å². The molecule has 0 aromatic heterocycles. The highest BCUT2D eigenvalue weighted by molar-refractivity contribution is 7.99. The van der Waals surface area contributed by atoms with Gasteiger partial charge < -0.3 is 5.11 Å². The molecule has 1 heterocycles. The monoisotopic (exact) mass is 246 g/mol. The quantitative estimate of drug-likeness (QED) is 0.866. The maximum atomic E-state index is 13.5. The second kappa shape index (κ2) is 4.73. The predicted molar refractivity (Wildman–Crippen MR) is 61.9 cm³/mol. The van der Waals surface area contributed by atoms with Gasteiger partial charge in [0.2, 0.25) is 0 Å². The lowest BCUT2D eigenvalue weighted by molar-refractivity contribution is 0.149. The fraction of sp³-hybridized carbons (Fsp3) is 0.455. The Morgan fingerprint density at radius 3 is 2.87 bits per heavy atom. The number of benzene rings is 1. The third-order valence-electron chi connectivity index (χ3n) is 2.66. The van der Waals surface area contributed by atoms with Crippen molar-refractivity contribution in [2.24, 2.45) is 5.92 Å². The van der Waals surface area contributed by atoms with E-state index < -0.39 is 0 Å². The Labute approximate surface area is 97.6 Å². The second-order valence-corrected chi connectivity index (χ2v) is 5.32. The van der Waals surface area contributed by atoms with Crippen LogP contribution in [0.3, 0.4) is 0 Å². The minimum absolute atomic E-state index is 0.172. The Morgan fingerprint density at radius 2 is 2.27 bits per heavy atom. The molecule has 2 unspecified atom stereocenters. The van der Waals surface area contributed by atoms with E-state index in [0.29, 0.717) is 17.0 Å². The predicted octanol–water partition coefficient (Wildman–Crippen LogP) is 2.75. The summed E-state index contributed by atoms with van der Waals surface area (Å²) in [6.07, 6.45) is 0.294. The zero-order chi connectivity index (χ0) is 10.8. The summed E-state index contributed by atoms with van der Waals surface area (Å²) >= 11 is 7.39. The molecule has 0 aliphatic carbocycles. The lowest BCUT2D eigenvalue weighted by Gasteiger charge is -2.13. The van der Waals surface area contributed by atoms with Crippen LogP contribution in [0, 0.1) is 11.7 Å². The van der Waals surface area contributed by atoms with Gasteiger partial charge in [0.15, 0.2) is 0 Å². The lowest BCUT2D eigenvalue weighted by atomic mass is 9.96. The molecule has 0 amide bonds. The topological polar surface area (TPSA) is 20.2 Å². The van der Waals surface area contributed by atoms with Crippen LogP contribution in [0.25, 0.3) is 0 Å². The summed E-state index contributed by atoms with van der Waals surface area (Å²) in [7, 11) is 0. The minimum Gasteiger partial charge on any atom is -0.392 e. The van der Waals surface area contributed by atoms with Crippen LogP contribution in [0.4, 0.5) is 4.39 Å². The Bertz CT molecular complexity index is 358. The molecule has 4 heteroatoms. The van der Waals surface area contributed by atoms with Gasteiger partial charge in [-0.05, 0) is 35.8 Å². The van der Waals surface area contributed by atoms with Crippen LogP contribution in [-0.2, 0) is 6.42 Å². The normalized spacial score (nSPS) is 25.8. The van der Waals surface area contributed by atoms with Gasteiger partial charge >= 0.3 is 0 Å². The molecule has 1 saturated heterocycles. The number of rotatable bonds is 2. The zero-order valence-corrected chi connectivity index (χ0v) is 9.69. The van der Waals surface area contributed by atoms with Crippen molar-refractivity contribution in [3.63, 3.8) is 0 Å². The molecule has 15 heavy (non-hydrogen) atoms. The molecule has 0 radical (unpaired) electrons. The molecule has 1 aromatic carbocycles. The molecular weight excluding hydrogens is 235 g/mol. The molecule has 1 N–H and O–H groups in total. The van der Waals surface area contributed by atoms with E-state index in [4.69, 9.17) is 11.6 Å². The van der Waals surface area contributed by atoms with Crippen LogP contribution < -0.4 is 0 Å². The summed E-state index contributed by atoms with van der Waals surface area (Å²) in [6, 6.07) is 4.72. The van der Waals surface area contributed by atoms with Crippen molar-refractivity contribution in [2.75, 3.05) is 11.5 Å². The van der Waals surface area contributed by atoms with E-state index >= 15 is 0 Å². The Balaban J connectivity index is 2.10. The Kier molecular flexibility index (Phi) is 3.54. The van der Waals surface area contributed by atoms with E-state index in [0.717, 1.165) is 11.5 Å². The number of aliphatic hydroxyl groups is 1. The molecule has 82 valence electrons. The van der Waals surface area contributed by atoms with Gasteiger partial charge in [-0.1, -0.05) is 17.7 Å². The third-order valence-corrected chi connectivity index (χ3v) is 4.14. The summed E-state index contributed by atoms with van der Waals surface area (Å²) in [6.45, 7) is 0. The van der Waals surface area contributed by atoms with Gasteiger partial charge in [0.05, 0.1) is 6.10 Å². The first-order valence-corrected chi connectivity index (χ1v) is 6.40. The van der Waals surface area contributed by atoms with Gasteiger partial charge in [0.1, 0.15) is 5.82 Å². The van der Waals surface area contributed by atoms with E-state index in [1.54, 1.807) is 23.9 Å². The summed E-state index contributed by atoms with van der Waals surface area (Å²) in [5, 5.41) is 10.0. The third kappa shape index (κ3) is 2.65. The van der Waals surface area contributed by atoms with Crippen molar-refractivity contribution in [1.82, 2.24) is 0 Å². The molecule has 2 atom stereocenters. The van der Waals surface area contributed by atoms with Gasteiger partial charge in [0.25, 0.3) is 0 Å². The summed E-state index contributed by atoms with van der Waals surface area (Å²) < 4.78 is 13.5. The van der Waals surface area contributed by atoms with Gasteiger partial charge in [-0.2, -0.15) is 11.8 Å². The van der Waals surface area contributed by atoms with Crippen LogP contribution in [0.5, 0.6) is 0 Å². The van der Waals surface area contributed by atoms with Crippen molar-refractivity contribution in [3.05, 3.63) is 34.6 Å². The SMILES string of the molecule is OC1CSCC1Cc1ccc(Cl)cc1F. The first-order valence-electron chi connectivity index (χ1n) is 4.86. The standard InChI is InChI=1S/C11H12ClFOS/c12-9-2-1-7(10(13)4-9)3-8-5-15-6-11(8)14/h1-2,4,8,11,14H,3,5-6H2. The average molecular weight is 247 g/mol. The van der Waals surface area contributed by atoms with Crippen LogP contribution in [-0.4, -0.2) is 22.7 Å². The Morgan fingerprint density at radius 1 is 1.47 bits per heavy atom. The van der Waals surface area contributed by atoms with E-state index in [9.17, 15) is 9.50 Å². The van der Waals surface area contributed by atoms with Crippen LogP contribution in [0.2, 0.25) is 5.02 Å². The molecule has 1 fully saturated rings. The van der Waals surface area contributed by atoms with Crippen LogP contribution in [0.15, 0.2) is 18.2 Å². The fourth-order valence-corrected chi connectivity index (χ4v) is 3.20. The highest BCUT2D eigenvalue weighted by Gasteiger charge is 2.26. The van der Waals surface area contributed by atoms with E-state index in [2.05, 4.69) is 0 Å². The molecule has 1 nitrogen and oxygen atoms in total. The summed E-state index contributed by atoms with van der Waals surface area (Å²) in [5.74, 6) is 1.57. The first kappa shape index (κ1) is 11.2. The van der Waals surface area contributed by atoms with E-state index in [1.165, 1.54) is 6.07 Å². The van der Waals surface area contributed by atoms with Crippen molar-refractivity contribution in [2.45, 2.75) is 12.5 Å². The zero-order valence-electron chi connectivity index (χ0n) is 8.12. The van der Waals surface area contributed by atoms with Crippen molar-refractivity contribution in [1.29, 1.82) is 0 Å². The number of hydrogen-bond donors (Lipinski definition) is 1. The molecule has 2 rings (SSSR count). The first-order chi connectivity index (χ1) is 7.16. The number of hydrogen-bond acceptors (Lipinski definition) is 2. The molecular formula is C11H12ClFOS. The van der Waals surface area contributed by atoms with Gasteiger partial charge in [0, 0.05) is 10.8 Å². The highest BCUT2D eigenvalue weighted by atomic mass is 35.5. The van der Waals surface area contributed by atoms with Gasteiger partial charge in [-0.15, -0.1) is 0 Å². The molecule has 0 spiro atoms. The number of thioether (sulfide) groups is 1. The molecule has 1 aliphatic rings. The second-order valence-electron chi connectivity index (χ2n) is 3.80. The smallest absolute Gasteiger partial charge is 0.127 e. The maximum absolute atomic E-state index is 13.5. The van der Waals surface area contributed by atoms with Crippen molar-refractivity contribution < 1.29 is 9.50 Å². The Hall–Kier alpha value is -0.250. The highest BCUT2D eigenvalue weighted by Crippen LogP contribution is 2.28. The van der Waals surface area contributed by atoms with Gasteiger partial charge in [-0.25, -0.2) is 4.39 Å². The average Bonchev–Trinajstić information content (AvgIpc) is 2.57. The molecule has 0 bridgehead atoms. The fourth-order valence-electron chi connectivity index (χ4n) is 1.75. The van der Waals surface area contributed by atoms with Gasteiger partial charge in [-0.3, -0.25) is 0 Å². The summed E-state index contributed by atoms with van der Waals surface area (Å²) in [4.78, 5) is 0. The van der Waals surface area contributed by atoms with E-state index in [-0.39, 0.29) is 17.8 Å². The maximum Gasteiger partial charge on any atom is 0.127 e. The molecule has 1 aromatic rings.